The van der Waals surface area contributed by atoms with Crippen LogP contribution in [0.2, 0.25) is 6.82 Å². The normalized spacial score (nSPS) is 13.1. The van der Waals surface area contributed by atoms with E-state index in [0.29, 0.717) is 0 Å². The van der Waals surface area contributed by atoms with Gasteiger partial charge in [-0.1, -0.05) is 50.2 Å². The summed E-state index contributed by atoms with van der Waals surface area (Å²) < 4.78 is 0. The number of nitrogens with one attached hydrogen (secondary N) is 1. The summed E-state index contributed by atoms with van der Waals surface area (Å²) in [5.41, 5.74) is 2.13. The van der Waals surface area contributed by atoms with Crippen molar-refractivity contribution in [2.75, 3.05) is 6.61 Å². The fourth-order valence-corrected chi connectivity index (χ4v) is 2.32. The van der Waals surface area contributed by atoms with Crippen molar-refractivity contribution in [3.63, 3.8) is 0 Å². The Balaban J connectivity index is 2.54. The van der Waals surface area contributed by atoms with E-state index in [1.807, 2.05) is 12.1 Å². The van der Waals surface area contributed by atoms with E-state index in [1.165, 1.54) is 38.1 Å². The number of rotatable bonds is 9. The maximum absolute atomic E-state index is 9.93. The van der Waals surface area contributed by atoms with Crippen molar-refractivity contribution in [1.82, 2.24) is 5.23 Å². The van der Waals surface area contributed by atoms with Crippen molar-refractivity contribution in [2.45, 2.75) is 58.0 Å². The van der Waals surface area contributed by atoms with Crippen molar-refractivity contribution >= 4 is 7.05 Å². The number of aliphatic hydroxyl groups is 2. The van der Waals surface area contributed by atoms with Gasteiger partial charge >= 0.3 is 7.05 Å². The molecule has 126 valence electrons. The lowest BCUT2D eigenvalue weighted by atomic mass is 9.86. The molecule has 0 fully saturated rings. The first kappa shape index (κ1) is 19.7. The molecule has 0 bridgehead atoms. The summed E-state index contributed by atoms with van der Waals surface area (Å²) in [6.07, 6.45) is 5.05. The van der Waals surface area contributed by atoms with Crippen LogP contribution in [0.5, 0.6) is 0 Å². The second-order valence-corrected chi connectivity index (χ2v) is 5.85. The molecule has 1 rings (SSSR count). The van der Waals surface area contributed by atoms with Gasteiger partial charge in [0.05, 0.1) is 12.6 Å². The SMILES string of the molecule is CCCCCCc1ccc(C#C[C@H](O)[C@@H](CO)NB(C)O)cc1. The third kappa shape index (κ3) is 8.20. The molecule has 1 aromatic rings. The molecule has 0 spiro atoms. The Kier molecular flexibility index (Phi) is 9.66. The fraction of sp³-hybridized carbons (Fsp3) is 0.556. The smallest absolute Gasteiger partial charge is 0.374 e. The van der Waals surface area contributed by atoms with Gasteiger partial charge in [-0.05, 0) is 37.4 Å². The van der Waals surface area contributed by atoms with Gasteiger partial charge in [0.25, 0.3) is 0 Å². The minimum atomic E-state index is -1.04. The zero-order valence-corrected chi connectivity index (χ0v) is 14.1. The third-order valence-electron chi connectivity index (χ3n) is 3.67. The van der Waals surface area contributed by atoms with Crippen molar-refractivity contribution in [1.29, 1.82) is 0 Å². The van der Waals surface area contributed by atoms with E-state index in [0.717, 1.165) is 12.0 Å². The van der Waals surface area contributed by atoms with Gasteiger partial charge in [0.15, 0.2) is 0 Å². The van der Waals surface area contributed by atoms with E-state index in [1.54, 1.807) is 0 Å². The highest BCUT2D eigenvalue weighted by atomic mass is 16.3. The Bertz CT molecular complexity index is 493. The minimum absolute atomic E-state index is 0.294. The molecule has 0 saturated carbocycles. The molecule has 0 amide bonds. The third-order valence-corrected chi connectivity index (χ3v) is 3.67. The van der Waals surface area contributed by atoms with Gasteiger partial charge < -0.3 is 20.5 Å². The minimum Gasteiger partial charge on any atom is -0.437 e. The highest BCUT2D eigenvalue weighted by Gasteiger charge is 2.19. The average molecular weight is 317 g/mol. The summed E-state index contributed by atoms with van der Waals surface area (Å²) in [6, 6.07) is 7.37. The van der Waals surface area contributed by atoms with Crippen LogP contribution in [0.3, 0.4) is 0 Å². The molecular weight excluding hydrogens is 289 g/mol. The van der Waals surface area contributed by atoms with E-state index < -0.39 is 19.2 Å². The lowest BCUT2D eigenvalue weighted by molar-refractivity contribution is 0.139. The molecule has 0 heterocycles. The zero-order valence-electron chi connectivity index (χ0n) is 14.1. The molecular formula is C18H28BNO3. The first-order chi connectivity index (χ1) is 11.1. The molecule has 0 radical (unpaired) electrons. The lowest BCUT2D eigenvalue weighted by Gasteiger charge is -2.18. The maximum Gasteiger partial charge on any atom is 0.374 e. The van der Waals surface area contributed by atoms with Gasteiger partial charge in [-0.3, -0.25) is 0 Å². The molecule has 23 heavy (non-hydrogen) atoms. The van der Waals surface area contributed by atoms with E-state index in [2.05, 4.69) is 36.1 Å². The summed E-state index contributed by atoms with van der Waals surface area (Å²) in [5.74, 6) is 5.61. The highest BCUT2D eigenvalue weighted by molar-refractivity contribution is 6.45. The number of aliphatic hydroxyl groups excluding tert-OH is 2. The van der Waals surface area contributed by atoms with Gasteiger partial charge in [0, 0.05) is 5.56 Å². The van der Waals surface area contributed by atoms with Crippen LogP contribution in [0.15, 0.2) is 24.3 Å². The predicted molar refractivity (Wildman–Crippen MR) is 95.0 cm³/mol. The van der Waals surface area contributed by atoms with Gasteiger partial charge in [0.1, 0.15) is 6.10 Å². The lowest BCUT2D eigenvalue weighted by Crippen LogP contribution is -2.48. The van der Waals surface area contributed by atoms with E-state index >= 15 is 0 Å². The van der Waals surface area contributed by atoms with Crippen LogP contribution < -0.4 is 5.23 Å². The Morgan fingerprint density at radius 2 is 1.87 bits per heavy atom. The van der Waals surface area contributed by atoms with E-state index in [9.17, 15) is 15.2 Å². The summed E-state index contributed by atoms with van der Waals surface area (Å²) >= 11 is 0. The second kappa shape index (κ2) is 11.3. The topological polar surface area (TPSA) is 72.7 Å². The van der Waals surface area contributed by atoms with Crippen LogP contribution in [-0.2, 0) is 6.42 Å². The Morgan fingerprint density at radius 3 is 2.43 bits per heavy atom. The molecule has 1 aromatic carbocycles. The molecule has 4 nitrogen and oxygen atoms in total. The summed E-state index contributed by atoms with van der Waals surface area (Å²) in [6.45, 7) is 3.44. The Morgan fingerprint density at radius 1 is 1.17 bits per heavy atom. The molecule has 4 N–H and O–H groups in total. The van der Waals surface area contributed by atoms with E-state index in [-0.39, 0.29) is 6.61 Å². The second-order valence-electron chi connectivity index (χ2n) is 5.85. The zero-order chi connectivity index (χ0) is 17.1. The molecule has 2 atom stereocenters. The van der Waals surface area contributed by atoms with Gasteiger partial charge in [-0.15, -0.1) is 0 Å². The molecule has 0 aliphatic heterocycles. The monoisotopic (exact) mass is 317 g/mol. The van der Waals surface area contributed by atoms with Crippen LogP contribution in [0.1, 0.15) is 43.7 Å². The summed E-state index contributed by atoms with van der Waals surface area (Å²) in [4.78, 5) is 0. The molecule has 0 aliphatic rings. The number of benzene rings is 1. The fourth-order valence-electron chi connectivity index (χ4n) is 2.32. The van der Waals surface area contributed by atoms with Crippen LogP contribution in [-0.4, -0.2) is 41.0 Å². The largest absolute Gasteiger partial charge is 0.437 e. The first-order valence-corrected chi connectivity index (χ1v) is 8.40. The summed E-state index contributed by atoms with van der Waals surface area (Å²) in [5, 5.41) is 31.0. The predicted octanol–water partition coefficient (Wildman–Crippen LogP) is 1.58. The number of hydrogen-bond acceptors (Lipinski definition) is 4. The Hall–Kier alpha value is -1.32. The van der Waals surface area contributed by atoms with Crippen LogP contribution >= 0.6 is 0 Å². The molecule has 0 unspecified atom stereocenters. The molecule has 0 saturated heterocycles. The van der Waals surface area contributed by atoms with Crippen molar-refractivity contribution < 1.29 is 15.2 Å². The van der Waals surface area contributed by atoms with Crippen LogP contribution in [0.4, 0.5) is 0 Å². The number of aryl methyl sites for hydroxylation is 1. The average Bonchev–Trinajstić information content (AvgIpc) is 2.55. The van der Waals surface area contributed by atoms with Gasteiger partial charge in [0.2, 0.25) is 0 Å². The summed E-state index contributed by atoms with van der Waals surface area (Å²) in [7, 11) is -0.810. The van der Waals surface area contributed by atoms with Crippen molar-refractivity contribution in [2.24, 2.45) is 0 Å². The quantitative estimate of drug-likeness (QED) is 0.317. The maximum atomic E-state index is 9.93. The van der Waals surface area contributed by atoms with Crippen molar-refractivity contribution in [3.8, 4) is 11.8 Å². The van der Waals surface area contributed by atoms with E-state index in [4.69, 9.17) is 0 Å². The first-order valence-electron chi connectivity index (χ1n) is 8.40. The molecule has 0 aliphatic carbocycles. The van der Waals surface area contributed by atoms with Crippen molar-refractivity contribution in [3.05, 3.63) is 35.4 Å². The standard InChI is InChI=1S/C18H28BNO3/c1-3-4-5-6-7-15-8-10-16(11-9-15)12-13-18(22)17(14-21)20-19(2)23/h8-11,17-18,20-23H,3-7,14H2,1-2H3/t17-,18+/m1/s1. The highest BCUT2D eigenvalue weighted by Crippen LogP contribution is 2.09. The van der Waals surface area contributed by atoms with Crippen LogP contribution in [0, 0.1) is 11.8 Å². The van der Waals surface area contributed by atoms with Gasteiger partial charge in [-0.25, -0.2) is 0 Å². The van der Waals surface area contributed by atoms with Crippen LogP contribution in [0.25, 0.3) is 0 Å². The molecule has 5 heteroatoms. The number of unbranched alkanes of at least 4 members (excludes halogenated alkanes) is 3. The molecule has 0 aromatic heterocycles. The Labute approximate surface area is 140 Å². The van der Waals surface area contributed by atoms with Gasteiger partial charge in [-0.2, -0.15) is 0 Å². The number of hydrogen-bond donors (Lipinski definition) is 4.